The van der Waals surface area contributed by atoms with Crippen LogP contribution in [0.15, 0.2) is 35.9 Å². The summed E-state index contributed by atoms with van der Waals surface area (Å²) in [5.41, 5.74) is 8.84. The molecule has 2 aromatic rings. The van der Waals surface area contributed by atoms with Gasteiger partial charge in [-0.1, -0.05) is 80.4 Å². The van der Waals surface area contributed by atoms with E-state index in [0.717, 1.165) is 0 Å². The Kier molecular flexibility index (Phi) is 3.71. The van der Waals surface area contributed by atoms with Crippen molar-refractivity contribution in [2.75, 3.05) is 0 Å². The van der Waals surface area contributed by atoms with Gasteiger partial charge in [-0.05, 0) is 63.4 Å². The summed E-state index contributed by atoms with van der Waals surface area (Å²) in [5, 5.41) is 6.31. The molecular weight excluding hydrogens is 344 g/mol. The second-order valence-electron chi connectivity index (χ2n) is 10.1. The quantitative estimate of drug-likeness (QED) is 0.680. The maximum atomic E-state index is 2.52. The summed E-state index contributed by atoms with van der Waals surface area (Å²) in [6, 6.07) is 11.9. The predicted octanol–water partition coefficient (Wildman–Crippen LogP) is 4.49. The molecule has 0 spiro atoms. The van der Waals surface area contributed by atoms with Gasteiger partial charge in [0.1, 0.15) is 0 Å². The average Bonchev–Trinajstić information content (AvgIpc) is 3.00. The normalized spacial score (nSPS) is 15.8. The first-order valence-electron chi connectivity index (χ1n) is 9.73. The van der Waals surface area contributed by atoms with Crippen LogP contribution in [0, 0.1) is 13.8 Å². The minimum atomic E-state index is -1.46. The molecule has 2 aromatic carbocycles. The van der Waals surface area contributed by atoms with E-state index in [2.05, 4.69) is 89.5 Å². The van der Waals surface area contributed by atoms with Gasteiger partial charge in [0.2, 0.25) is 0 Å². The minimum absolute atomic E-state index is 1.36. The molecule has 0 bridgehead atoms. The van der Waals surface area contributed by atoms with Crippen molar-refractivity contribution < 1.29 is 0 Å². The first kappa shape index (κ1) is 17.8. The van der Waals surface area contributed by atoms with Gasteiger partial charge in [0.15, 0.2) is 0 Å². The molecular formula is C24H30Si2. The number of fused-ring (bicyclic) bond motifs is 4. The number of allylic oxidation sites excluding steroid dienone is 1. The lowest BCUT2D eigenvalue weighted by Crippen LogP contribution is -2.53. The van der Waals surface area contributed by atoms with E-state index in [4.69, 9.17) is 0 Å². The molecule has 134 valence electrons. The predicted molar refractivity (Wildman–Crippen MR) is 122 cm³/mol. The molecule has 0 fully saturated rings. The van der Waals surface area contributed by atoms with Crippen LogP contribution in [-0.4, -0.2) is 16.1 Å². The Morgan fingerprint density at radius 2 is 1.42 bits per heavy atom. The van der Waals surface area contributed by atoms with Crippen molar-refractivity contribution in [3.63, 3.8) is 0 Å². The largest absolute Gasteiger partial charge is 0.0792 e. The summed E-state index contributed by atoms with van der Waals surface area (Å²) in [6.07, 6.45) is 2.52. The first-order chi connectivity index (χ1) is 12.0. The van der Waals surface area contributed by atoms with Crippen LogP contribution in [0.25, 0.3) is 16.8 Å². The molecule has 0 N–H and O–H groups in total. The van der Waals surface area contributed by atoms with Gasteiger partial charge >= 0.3 is 0 Å². The second-order valence-corrected chi connectivity index (χ2v) is 20.1. The molecule has 4 rings (SSSR count). The third-order valence-electron chi connectivity index (χ3n) is 5.81. The van der Waals surface area contributed by atoms with E-state index in [1.54, 1.807) is 15.6 Å². The van der Waals surface area contributed by atoms with Gasteiger partial charge in [-0.2, -0.15) is 0 Å². The summed E-state index contributed by atoms with van der Waals surface area (Å²) in [5.74, 6) is 0. The highest BCUT2D eigenvalue weighted by molar-refractivity contribution is 6.94. The topological polar surface area (TPSA) is 0 Å². The third kappa shape index (κ3) is 2.46. The molecule has 0 radical (unpaired) electrons. The van der Waals surface area contributed by atoms with Gasteiger partial charge in [0.25, 0.3) is 0 Å². The molecule has 0 unspecified atom stereocenters. The Hall–Kier alpha value is -1.65. The van der Waals surface area contributed by atoms with Crippen LogP contribution in [0.2, 0.25) is 39.3 Å². The zero-order chi connectivity index (χ0) is 19.0. The lowest BCUT2D eigenvalue weighted by molar-refractivity contribution is 1.38. The first-order valence-corrected chi connectivity index (χ1v) is 16.7. The number of aryl methyl sites for hydroxylation is 2. The summed E-state index contributed by atoms with van der Waals surface area (Å²) in [4.78, 5) is 0. The molecule has 0 heterocycles. The molecule has 0 atom stereocenters. The molecule has 2 aliphatic carbocycles. The van der Waals surface area contributed by atoms with Crippen LogP contribution in [0.3, 0.4) is 0 Å². The molecule has 0 saturated carbocycles. The smallest absolute Gasteiger partial charge is 0.0656 e. The van der Waals surface area contributed by atoms with E-state index in [-0.39, 0.29) is 0 Å². The lowest BCUT2D eigenvalue weighted by Gasteiger charge is -2.21. The Labute approximate surface area is 160 Å². The van der Waals surface area contributed by atoms with E-state index in [0.29, 0.717) is 0 Å². The fourth-order valence-electron chi connectivity index (χ4n) is 4.67. The highest BCUT2D eigenvalue weighted by Crippen LogP contribution is 2.46. The highest BCUT2D eigenvalue weighted by atomic mass is 28.3. The van der Waals surface area contributed by atoms with Crippen LogP contribution in [0.1, 0.15) is 22.3 Å². The zero-order valence-electron chi connectivity index (χ0n) is 17.5. The number of benzene rings is 2. The summed E-state index contributed by atoms with van der Waals surface area (Å²) < 4.78 is 0. The third-order valence-corrected chi connectivity index (χ3v) is 9.88. The number of hydrogen-bond acceptors (Lipinski definition) is 0. The monoisotopic (exact) mass is 374 g/mol. The van der Waals surface area contributed by atoms with Crippen molar-refractivity contribution >= 4 is 38.2 Å². The van der Waals surface area contributed by atoms with Gasteiger partial charge in [-0.3, -0.25) is 0 Å². The van der Waals surface area contributed by atoms with E-state index < -0.39 is 16.1 Å². The SMILES string of the molecule is Cc1ccc2c(c1)C1=c3c([Si](C)(C)C)ccc(C)c3=CC1=C2[Si](C)(C)C. The summed E-state index contributed by atoms with van der Waals surface area (Å²) >= 11 is 0. The van der Waals surface area contributed by atoms with Crippen LogP contribution in [0.4, 0.5) is 0 Å². The van der Waals surface area contributed by atoms with Gasteiger partial charge in [0, 0.05) is 0 Å². The van der Waals surface area contributed by atoms with Crippen molar-refractivity contribution in [2.24, 2.45) is 0 Å². The molecule has 0 aromatic heterocycles. The molecule has 2 aliphatic rings. The van der Waals surface area contributed by atoms with Gasteiger partial charge < -0.3 is 0 Å². The van der Waals surface area contributed by atoms with Crippen molar-refractivity contribution in [3.05, 3.63) is 68.6 Å². The summed E-state index contributed by atoms with van der Waals surface area (Å²) in [7, 11) is -2.89. The van der Waals surface area contributed by atoms with Crippen LogP contribution < -0.4 is 15.6 Å². The molecule has 0 nitrogen and oxygen atoms in total. The Morgan fingerprint density at radius 1 is 0.731 bits per heavy atom. The van der Waals surface area contributed by atoms with E-state index in [1.807, 2.05) is 0 Å². The Balaban J connectivity index is 2.27. The molecule has 0 amide bonds. The van der Waals surface area contributed by atoms with Gasteiger partial charge in [0.05, 0.1) is 16.1 Å². The standard InChI is InChI=1S/C24H30Si2/c1-15-9-11-17-19(13-15)22-20(24(17)26(6,7)8)14-18-16(2)10-12-21(23(18)22)25(3,4)5/h9-14H,1-8H3. The molecule has 0 aliphatic heterocycles. The fraction of sp³-hybridized carbons (Fsp3) is 0.333. The average molecular weight is 375 g/mol. The zero-order valence-corrected chi connectivity index (χ0v) is 19.5. The van der Waals surface area contributed by atoms with E-state index >= 15 is 0 Å². The summed E-state index contributed by atoms with van der Waals surface area (Å²) in [6.45, 7) is 19.4. The Bertz CT molecular complexity index is 1100. The maximum absolute atomic E-state index is 2.52. The van der Waals surface area contributed by atoms with Crippen molar-refractivity contribution in [3.8, 4) is 0 Å². The lowest BCUT2D eigenvalue weighted by atomic mass is 10.0. The van der Waals surface area contributed by atoms with Gasteiger partial charge in [-0.25, -0.2) is 0 Å². The Morgan fingerprint density at radius 3 is 2.04 bits per heavy atom. The minimum Gasteiger partial charge on any atom is -0.0656 e. The van der Waals surface area contributed by atoms with Gasteiger partial charge in [-0.15, -0.1) is 0 Å². The van der Waals surface area contributed by atoms with Crippen molar-refractivity contribution in [2.45, 2.75) is 53.1 Å². The molecule has 26 heavy (non-hydrogen) atoms. The second kappa shape index (κ2) is 5.43. The van der Waals surface area contributed by atoms with Crippen LogP contribution >= 0.6 is 0 Å². The fourth-order valence-corrected chi connectivity index (χ4v) is 8.29. The number of hydrogen-bond donors (Lipinski definition) is 0. The highest BCUT2D eigenvalue weighted by Gasteiger charge is 2.36. The number of rotatable bonds is 2. The molecule has 2 heteroatoms. The van der Waals surface area contributed by atoms with Crippen molar-refractivity contribution in [1.29, 1.82) is 0 Å². The van der Waals surface area contributed by atoms with Crippen LogP contribution in [-0.2, 0) is 0 Å². The molecule has 0 saturated heterocycles. The van der Waals surface area contributed by atoms with Crippen LogP contribution in [0.5, 0.6) is 0 Å². The van der Waals surface area contributed by atoms with E-state index in [9.17, 15) is 0 Å². The van der Waals surface area contributed by atoms with E-state index in [1.165, 1.54) is 38.6 Å². The van der Waals surface area contributed by atoms with Crippen molar-refractivity contribution in [1.82, 2.24) is 0 Å². The maximum Gasteiger partial charge on any atom is 0.0792 e.